The Bertz CT molecular complexity index is 607. The zero-order valence-electron chi connectivity index (χ0n) is 10.6. The number of carbonyl (C=O) groups excluding carboxylic acids is 1. The molecule has 0 fully saturated rings. The molecular weight excluding hydrogens is 296 g/mol. The monoisotopic (exact) mass is 308 g/mol. The Hall–Kier alpha value is -1.72. The van der Waals surface area contributed by atoms with Crippen molar-refractivity contribution in [1.82, 2.24) is 4.98 Å². The highest BCUT2D eigenvalue weighted by molar-refractivity contribution is 7.98. The number of amides is 1. The zero-order chi connectivity index (χ0) is 14.4. The van der Waals surface area contributed by atoms with E-state index < -0.39 is 5.91 Å². The number of benzene rings is 1. The summed E-state index contributed by atoms with van der Waals surface area (Å²) in [6.45, 7) is -0.122. The quantitative estimate of drug-likeness (QED) is 0.833. The molecule has 2 rings (SSSR count). The van der Waals surface area contributed by atoms with Crippen molar-refractivity contribution in [3.8, 4) is 5.75 Å². The van der Waals surface area contributed by atoms with Gasteiger partial charge < -0.3 is 10.5 Å². The average Bonchev–Trinajstić information content (AvgIpc) is 2.45. The summed E-state index contributed by atoms with van der Waals surface area (Å²) in [6.07, 6.45) is 1.71. The number of nitrogens with two attached hydrogens (primary N) is 1. The van der Waals surface area contributed by atoms with Crippen molar-refractivity contribution in [2.45, 2.75) is 10.8 Å². The first kappa shape index (κ1) is 14.7. The SMILES string of the molecule is NC(=O)COc1cccc(CSc2ncccc2Cl)c1. The molecule has 2 aromatic rings. The second kappa shape index (κ2) is 7.17. The summed E-state index contributed by atoms with van der Waals surface area (Å²) in [5, 5.41) is 1.43. The van der Waals surface area contributed by atoms with Crippen molar-refractivity contribution in [3.05, 3.63) is 53.2 Å². The van der Waals surface area contributed by atoms with E-state index in [0.29, 0.717) is 16.5 Å². The summed E-state index contributed by atoms with van der Waals surface area (Å²) >= 11 is 7.59. The predicted molar refractivity (Wildman–Crippen MR) is 79.9 cm³/mol. The largest absolute Gasteiger partial charge is 0.484 e. The van der Waals surface area contributed by atoms with E-state index >= 15 is 0 Å². The summed E-state index contributed by atoms with van der Waals surface area (Å²) in [6, 6.07) is 11.1. The fourth-order valence-electron chi connectivity index (χ4n) is 1.51. The van der Waals surface area contributed by atoms with Gasteiger partial charge in [-0.1, -0.05) is 23.7 Å². The van der Waals surface area contributed by atoms with Gasteiger partial charge >= 0.3 is 0 Å². The van der Waals surface area contributed by atoms with Crippen LogP contribution in [0.1, 0.15) is 5.56 Å². The molecule has 0 aliphatic rings. The lowest BCUT2D eigenvalue weighted by molar-refractivity contribution is -0.119. The van der Waals surface area contributed by atoms with E-state index in [-0.39, 0.29) is 6.61 Å². The number of hydrogen-bond acceptors (Lipinski definition) is 4. The molecular formula is C14H13ClN2O2S. The van der Waals surface area contributed by atoms with Crippen molar-refractivity contribution in [1.29, 1.82) is 0 Å². The molecule has 104 valence electrons. The number of halogens is 1. The first-order valence-corrected chi connectivity index (χ1v) is 7.25. The predicted octanol–water partition coefficient (Wildman–Crippen LogP) is 2.89. The number of thioether (sulfide) groups is 1. The number of carbonyl (C=O) groups is 1. The highest BCUT2D eigenvalue weighted by Gasteiger charge is 2.04. The standard InChI is InChI=1S/C14H13ClN2O2S/c15-12-5-2-6-17-14(12)20-9-10-3-1-4-11(7-10)19-8-13(16)18/h1-7H,8-9H2,(H2,16,18). The maximum atomic E-state index is 10.7. The number of primary amides is 1. The van der Waals surface area contributed by atoms with E-state index in [1.54, 1.807) is 30.1 Å². The van der Waals surface area contributed by atoms with Crippen LogP contribution in [0.3, 0.4) is 0 Å². The molecule has 0 atom stereocenters. The van der Waals surface area contributed by atoms with Crippen molar-refractivity contribution in [2.75, 3.05) is 6.61 Å². The van der Waals surface area contributed by atoms with Crippen molar-refractivity contribution >= 4 is 29.3 Å². The van der Waals surface area contributed by atoms with E-state index in [1.165, 1.54) is 0 Å². The fourth-order valence-corrected chi connectivity index (χ4v) is 2.62. The van der Waals surface area contributed by atoms with E-state index in [0.717, 1.165) is 10.6 Å². The third-order valence-corrected chi connectivity index (χ3v) is 3.87. The van der Waals surface area contributed by atoms with Crippen LogP contribution in [0.2, 0.25) is 5.02 Å². The second-order valence-electron chi connectivity index (χ2n) is 3.98. The Balaban J connectivity index is 1.98. The van der Waals surface area contributed by atoms with Gasteiger partial charge in [0.25, 0.3) is 5.91 Å². The Kier molecular flexibility index (Phi) is 5.26. The number of ether oxygens (including phenoxy) is 1. The highest BCUT2D eigenvalue weighted by Crippen LogP contribution is 2.28. The zero-order valence-corrected chi connectivity index (χ0v) is 12.2. The van der Waals surface area contributed by atoms with Gasteiger partial charge in [0.2, 0.25) is 0 Å². The first-order chi connectivity index (χ1) is 9.65. The first-order valence-electron chi connectivity index (χ1n) is 5.88. The molecule has 6 heteroatoms. The van der Waals surface area contributed by atoms with Crippen molar-refractivity contribution < 1.29 is 9.53 Å². The van der Waals surface area contributed by atoms with E-state index in [9.17, 15) is 4.79 Å². The number of pyridine rings is 1. The number of hydrogen-bond donors (Lipinski definition) is 1. The molecule has 0 aliphatic carbocycles. The lowest BCUT2D eigenvalue weighted by Crippen LogP contribution is -2.20. The molecule has 0 saturated heterocycles. The molecule has 1 amide bonds. The van der Waals surface area contributed by atoms with Crippen LogP contribution in [0.15, 0.2) is 47.6 Å². The van der Waals surface area contributed by atoms with Gasteiger partial charge in [0.1, 0.15) is 10.8 Å². The van der Waals surface area contributed by atoms with Gasteiger partial charge in [-0.05, 0) is 29.8 Å². The Morgan fingerprint density at radius 3 is 2.95 bits per heavy atom. The van der Waals surface area contributed by atoms with Crippen LogP contribution in [0, 0.1) is 0 Å². The molecule has 1 heterocycles. The van der Waals surface area contributed by atoms with Gasteiger partial charge in [-0.25, -0.2) is 4.98 Å². The van der Waals surface area contributed by atoms with Crippen LogP contribution in [-0.4, -0.2) is 17.5 Å². The lowest BCUT2D eigenvalue weighted by Gasteiger charge is -2.06. The van der Waals surface area contributed by atoms with Gasteiger partial charge in [-0.3, -0.25) is 4.79 Å². The molecule has 2 N–H and O–H groups in total. The molecule has 0 bridgehead atoms. The summed E-state index contributed by atoms with van der Waals surface area (Å²) in [7, 11) is 0. The van der Waals surface area contributed by atoms with E-state index in [2.05, 4.69) is 4.98 Å². The molecule has 1 aromatic heterocycles. The summed E-state index contributed by atoms with van der Waals surface area (Å²) in [5.74, 6) is 0.837. The second-order valence-corrected chi connectivity index (χ2v) is 5.35. The number of aromatic nitrogens is 1. The minimum atomic E-state index is -0.495. The van der Waals surface area contributed by atoms with Gasteiger partial charge in [-0.15, -0.1) is 11.8 Å². The smallest absolute Gasteiger partial charge is 0.255 e. The molecule has 4 nitrogen and oxygen atoms in total. The van der Waals surface area contributed by atoms with Crippen LogP contribution < -0.4 is 10.5 Å². The van der Waals surface area contributed by atoms with Crippen LogP contribution in [-0.2, 0) is 10.5 Å². The van der Waals surface area contributed by atoms with Crippen molar-refractivity contribution in [3.63, 3.8) is 0 Å². The highest BCUT2D eigenvalue weighted by atomic mass is 35.5. The normalized spacial score (nSPS) is 10.2. The molecule has 0 spiro atoms. The minimum absolute atomic E-state index is 0.122. The molecule has 0 unspecified atom stereocenters. The van der Waals surface area contributed by atoms with Gasteiger partial charge in [0, 0.05) is 11.9 Å². The number of rotatable bonds is 6. The summed E-state index contributed by atoms with van der Waals surface area (Å²) in [4.78, 5) is 14.9. The topological polar surface area (TPSA) is 65.2 Å². The summed E-state index contributed by atoms with van der Waals surface area (Å²) < 4.78 is 5.26. The lowest BCUT2D eigenvalue weighted by atomic mass is 10.2. The third-order valence-electron chi connectivity index (χ3n) is 2.38. The maximum absolute atomic E-state index is 10.7. The average molecular weight is 309 g/mol. The molecule has 0 saturated carbocycles. The van der Waals surface area contributed by atoms with Crippen LogP contribution in [0.5, 0.6) is 5.75 Å². The Labute approximate surface area is 126 Å². The van der Waals surface area contributed by atoms with Crippen LogP contribution in [0.25, 0.3) is 0 Å². The van der Waals surface area contributed by atoms with Gasteiger partial charge in [0.05, 0.1) is 5.02 Å². The van der Waals surface area contributed by atoms with Crippen LogP contribution >= 0.6 is 23.4 Å². The third kappa shape index (κ3) is 4.43. The molecule has 20 heavy (non-hydrogen) atoms. The number of nitrogens with zero attached hydrogens (tertiary/aromatic N) is 1. The fraction of sp³-hybridized carbons (Fsp3) is 0.143. The minimum Gasteiger partial charge on any atom is -0.484 e. The van der Waals surface area contributed by atoms with Crippen molar-refractivity contribution in [2.24, 2.45) is 5.73 Å². The summed E-state index contributed by atoms with van der Waals surface area (Å²) in [5.41, 5.74) is 6.09. The van der Waals surface area contributed by atoms with Gasteiger partial charge in [0.15, 0.2) is 6.61 Å². The Morgan fingerprint density at radius 1 is 1.35 bits per heavy atom. The molecule has 0 aliphatic heterocycles. The van der Waals surface area contributed by atoms with Gasteiger partial charge in [-0.2, -0.15) is 0 Å². The maximum Gasteiger partial charge on any atom is 0.255 e. The van der Waals surface area contributed by atoms with Crippen LogP contribution in [0.4, 0.5) is 0 Å². The molecule has 1 aromatic carbocycles. The molecule has 0 radical (unpaired) electrons. The van der Waals surface area contributed by atoms with E-state index in [4.69, 9.17) is 22.1 Å². The Morgan fingerprint density at radius 2 is 2.20 bits per heavy atom. The van der Waals surface area contributed by atoms with E-state index in [1.807, 2.05) is 24.3 Å².